The van der Waals surface area contributed by atoms with Gasteiger partial charge in [-0.3, -0.25) is 0 Å². The van der Waals surface area contributed by atoms with Crippen molar-refractivity contribution in [1.82, 2.24) is 10.6 Å². The van der Waals surface area contributed by atoms with E-state index in [1.54, 1.807) is 0 Å². The van der Waals surface area contributed by atoms with Crippen molar-refractivity contribution in [3.63, 3.8) is 0 Å². The highest BCUT2D eigenvalue weighted by Crippen LogP contribution is 2.13. The van der Waals surface area contributed by atoms with Crippen LogP contribution in [-0.4, -0.2) is 25.7 Å². The third kappa shape index (κ3) is 2.27. The zero-order valence-corrected chi connectivity index (χ0v) is 7.20. The summed E-state index contributed by atoms with van der Waals surface area (Å²) in [4.78, 5) is 0. The van der Waals surface area contributed by atoms with E-state index >= 15 is 0 Å². The fourth-order valence-corrected chi connectivity index (χ4v) is 1.21. The number of rotatable bonds is 0. The van der Waals surface area contributed by atoms with Crippen LogP contribution in [0.15, 0.2) is 0 Å². The molecule has 1 atom stereocenters. The number of nitrogens with one attached hydrogen (secondary N) is 2. The predicted molar refractivity (Wildman–Crippen MR) is 44.1 cm³/mol. The van der Waals surface area contributed by atoms with E-state index in [2.05, 4.69) is 31.4 Å². The molecular weight excluding hydrogens is 124 g/mol. The lowest BCUT2D eigenvalue weighted by Gasteiger charge is -2.21. The molecule has 0 aromatic rings. The van der Waals surface area contributed by atoms with Gasteiger partial charge < -0.3 is 10.6 Å². The van der Waals surface area contributed by atoms with Gasteiger partial charge in [-0.05, 0) is 12.3 Å². The SMILES string of the molecule is CC1CNCC(C)(C)CN1. The molecule has 0 saturated carbocycles. The Morgan fingerprint density at radius 1 is 1.30 bits per heavy atom. The standard InChI is InChI=1S/C8H18N2/c1-7-4-9-5-8(2,3)6-10-7/h7,9-10H,4-6H2,1-3H3. The molecule has 1 heterocycles. The molecule has 10 heavy (non-hydrogen) atoms. The van der Waals surface area contributed by atoms with Gasteiger partial charge in [0.15, 0.2) is 0 Å². The molecule has 60 valence electrons. The summed E-state index contributed by atoms with van der Waals surface area (Å²) in [5.41, 5.74) is 0.421. The minimum Gasteiger partial charge on any atom is -0.315 e. The van der Waals surface area contributed by atoms with E-state index in [0.29, 0.717) is 11.5 Å². The van der Waals surface area contributed by atoms with Crippen molar-refractivity contribution in [3.05, 3.63) is 0 Å². The smallest absolute Gasteiger partial charge is 0.0164 e. The van der Waals surface area contributed by atoms with Crippen LogP contribution in [0.3, 0.4) is 0 Å². The largest absolute Gasteiger partial charge is 0.315 e. The molecule has 0 radical (unpaired) electrons. The van der Waals surface area contributed by atoms with E-state index in [0.717, 1.165) is 19.6 Å². The Kier molecular flexibility index (Phi) is 2.32. The minimum atomic E-state index is 0.421. The van der Waals surface area contributed by atoms with Gasteiger partial charge in [-0.15, -0.1) is 0 Å². The predicted octanol–water partition coefficient (Wildman–Crippen LogP) is 0.594. The van der Waals surface area contributed by atoms with Crippen molar-refractivity contribution in [3.8, 4) is 0 Å². The monoisotopic (exact) mass is 142 g/mol. The van der Waals surface area contributed by atoms with E-state index in [-0.39, 0.29) is 0 Å². The summed E-state index contributed by atoms with van der Waals surface area (Å²) < 4.78 is 0. The van der Waals surface area contributed by atoms with Crippen LogP contribution in [0, 0.1) is 5.41 Å². The average molecular weight is 142 g/mol. The molecule has 2 N–H and O–H groups in total. The highest BCUT2D eigenvalue weighted by Gasteiger charge is 2.21. The molecule has 0 spiro atoms. The van der Waals surface area contributed by atoms with E-state index in [1.165, 1.54) is 0 Å². The normalized spacial score (nSPS) is 33.3. The molecule has 0 aromatic carbocycles. The Balaban J connectivity index is 2.41. The Labute approximate surface area is 63.4 Å². The first kappa shape index (κ1) is 8.02. The number of hydrogen-bond acceptors (Lipinski definition) is 2. The fraction of sp³-hybridized carbons (Fsp3) is 1.00. The molecule has 2 heteroatoms. The Bertz CT molecular complexity index is 110. The summed E-state index contributed by atoms with van der Waals surface area (Å²) in [5.74, 6) is 0. The average Bonchev–Trinajstić information content (AvgIpc) is 1.94. The maximum absolute atomic E-state index is 3.47. The van der Waals surface area contributed by atoms with Gasteiger partial charge in [0.25, 0.3) is 0 Å². The van der Waals surface area contributed by atoms with Crippen molar-refractivity contribution in [2.75, 3.05) is 19.6 Å². The molecule has 1 aliphatic rings. The first-order valence-corrected chi connectivity index (χ1v) is 4.04. The van der Waals surface area contributed by atoms with Gasteiger partial charge in [-0.2, -0.15) is 0 Å². The van der Waals surface area contributed by atoms with Crippen molar-refractivity contribution >= 4 is 0 Å². The summed E-state index contributed by atoms with van der Waals surface area (Å²) in [6, 6.07) is 0.627. The van der Waals surface area contributed by atoms with Crippen LogP contribution in [0.2, 0.25) is 0 Å². The van der Waals surface area contributed by atoms with E-state index in [4.69, 9.17) is 0 Å². The highest BCUT2D eigenvalue weighted by atomic mass is 15.0. The lowest BCUT2D eigenvalue weighted by atomic mass is 9.94. The lowest BCUT2D eigenvalue weighted by molar-refractivity contribution is 0.351. The molecule has 1 fully saturated rings. The second kappa shape index (κ2) is 2.89. The second-order valence-corrected chi connectivity index (χ2v) is 4.08. The Hall–Kier alpha value is -0.0800. The first-order chi connectivity index (χ1) is 4.60. The van der Waals surface area contributed by atoms with Gasteiger partial charge in [-0.25, -0.2) is 0 Å². The Morgan fingerprint density at radius 2 is 2.00 bits per heavy atom. The van der Waals surface area contributed by atoms with Crippen LogP contribution in [0.5, 0.6) is 0 Å². The maximum atomic E-state index is 3.47. The summed E-state index contributed by atoms with van der Waals surface area (Å²) in [6.45, 7) is 10.1. The molecule has 1 unspecified atom stereocenters. The summed E-state index contributed by atoms with van der Waals surface area (Å²) in [5, 5.41) is 6.90. The first-order valence-electron chi connectivity index (χ1n) is 4.04. The van der Waals surface area contributed by atoms with Crippen molar-refractivity contribution in [2.24, 2.45) is 5.41 Å². The van der Waals surface area contributed by atoms with Crippen molar-refractivity contribution < 1.29 is 0 Å². The maximum Gasteiger partial charge on any atom is 0.0164 e. The molecule has 0 aromatic heterocycles. The van der Waals surface area contributed by atoms with E-state index in [9.17, 15) is 0 Å². The van der Waals surface area contributed by atoms with Gasteiger partial charge in [0, 0.05) is 25.7 Å². The molecule has 1 rings (SSSR count). The van der Waals surface area contributed by atoms with Gasteiger partial charge in [0.05, 0.1) is 0 Å². The van der Waals surface area contributed by atoms with Gasteiger partial charge in [0.2, 0.25) is 0 Å². The Morgan fingerprint density at radius 3 is 2.70 bits per heavy atom. The molecular formula is C8H18N2. The van der Waals surface area contributed by atoms with Crippen LogP contribution in [-0.2, 0) is 0 Å². The molecule has 1 saturated heterocycles. The molecule has 0 amide bonds. The van der Waals surface area contributed by atoms with Crippen LogP contribution in [0.1, 0.15) is 20.8 Å². The zero-order valence-electron chi connectivity index (χ0n) is 7.20. The second-order valence-electron chi connectivity index (χ2n) is 4.08. The molecule has 1 aliphatic heterocycles. The quantitative estimate of drug-likeness (QED) is 0.517. The van der Waals surface area contributed by atoms with E-state index in [1.807, 2.05) is 0 Å². The minimum absolute atomic E-state index is 0.421. The fourth-order valence-electron chi connectivity index (χ4n) is 1.21. The third-order valence-electron chi connectivity index (χ3n) is 1.98. The van der Waals surface area contributed by atoms with Gasteiger partial charge in [-0.1, -0.05) is 13.8 Å². The number of hydrogen-bond donors (Lipinski definition) is 2. The topological polar surface area (TPSA) is 24.1 Å². The van der Waals surface area contributed by atoms with Gasteiger partial charge >= 0.3 is 0 Å². The van der Waals surface area contributed by atoms with Crippen LogP contribution in [0.4, 0.5) is 0 Å². The van der Waals surface area contributed by atoms with Gasteiger partial charge in [0.1, 0.15) is 0 Å². The summed E-state index contributed by atoms with van der Waals surface area (Å²) in [6.07, 6.45) is 0. The summed E-state index contributed by atoms with van der Waals surface area (Å²) >= 11 is 0. The van der Waals surface area contributed by atoms with Crippen molar-refractivity contribution in [2.45, 2.75) is 26.8 Å². The highest BCUT2D eigenvalue weighted by molar-refractivity contribution is 4.81. The van der Waals surface area contributed by atoms with Crippen molar-refractivity contribution in [1.29, 1.82) is 0 Å². The van der Waals surface area contributed by atoms with E-state index < -0.39 is 0 Å². The zero-order chi connectivity index (χ0) is 7.61. The molecule has 2 nitrogen and oxygen atoms in total. The van der Waals surface area contributed by atoms with Crippen LogP contribution in [0.25, 0.3) is 0 Å². The van der Waals surface area contributed by atoms with Crippen LogP contribution >= 0.6 is 0 Å². The lowest BCUT2D eigenvalue weighted by Crippen LogP contribution is -2.34. The molecule has 0 aliphatic carbocycles. The third-order valence-corrected chi connectivity index (χ3v) is 1.98. The summed E-state index contributed by atoms with van der Waals surface area (Å²) in [7, 11) is 0. The van der Waals surface area contributed by atoms with Crippen LogP contribution < -0.4 is 10.6 Å². The molecule has 0 bridgehead atoms.